The van der Waals surface area contributed by atoms with Crippen molar-refractivity contribution in [3.05, 3.63) is 65.8 Å². The molecule has 1 N–H and O–H groups in total. The van der Waals surface area contributed by atoms with Gasteiger partial charge in [-0.15, -0.1) is 0 Å². The van der Waals surface area contributed by atoms with E-state index in [2.05, 4.69) is 68.5 Å². The topological polar surface area (TPSA) is 20.2 Å². The standard InChI is InChI=1S/C29H34O/c1-28-15-13-23(30)18-22(28)9-10-24-26-12-11-25(29(26,2)16-14-27(24)28)21-8-7-19-5-3-4-6-20(19)17-21/h3-9,11,17,23-24,26-27,30H,10,12-16,18H2,1-2H3/t23-,24+,26+,27+,28+,29-/m1/s1. The Morgan fingerprint density at radius 3 is 2.50 bits per heavy atom. The van der Waals surface area contributed by atoms with Gasteiger partial charge in [0, 0.05) is 0 Å². The number of fused-ring (bicyclic) bond motifs is 6. The number of aliphatic hydroxyl groups excluding tert-OH is 1. The Balaban J connectivity index is 1.34. The van der Waals surface area contributed by atoms with Crippen molar-refractivity contribution in [2.75, 3.05) is 0 Å². The van der Waals surface area contributed by atoms with Gasteiger partial charge in [-0.1, -0.05) is 68.0 Å². The summed E-state index contributed by atoms with van der Waals surface area (Å²) >= 11 is 0. The molecule has 0 radical (unpaired) electrons. The maximum absolute atomic E-state index is 10.2. The summed E-state index contributed by atoms with van der Waals surface area (Å²) in [5, 5.41) is 12.9. The van der Waals surface area contributed by atoms with Crippen LogP contribution < -0.4 is 0 Å². The van der Waals surface area contributed by atoms with Gasteiger partial charge < -0.3 is 5.11 Å². The quantitative estimate of drug-likeness (QED) is 0.505. The molecule has 2 aromatic carbocycles. The molecule has 2 aromatic rings. The predicted octanol–water partition coefficient (Wildman–Crippen LogP) is 7.16. The first-order chi connectivity index (χ1) is 14.5. The van der Waals surface area contributed by atoms with Crippen LogP contribution in [0.15, 0.2) is 60.2 Å². The second kappa shape index (κ2) is 6.57. The van der Waals surface area contributed by atoms with Crippen LogP contribution in [0.4, 0.5) is 0 Å². The maximum atomic E-state index is 10.2. The van der Waals surface area contributed by atoms with E-state index in [1.54, 1.807) is 11.1 Å². The normalized spacial score (nSPS) is 40.2. The average Bonchev–Trinajstić information content (AvgIpc) is 3.11. The highest BCUT2D eigenvalue weighted by Crippen LogP contribution is 2.66. The molecule has 0 heterocycles. The smallest absolute Gasteiger partial charge is 0.0577 e. The van der Waals surface area contributed by atoms with Crippen LogP contribution >= 0.6 is 0 Å². The van der Waals surface area contributed by atoms with Crippen molar-refractivity contribution in [2.24, 2.45) is 28.6 Å². The van der Waals surface area contributed by atoms with E-state index in [-0.39, 0.29) is 6.10 Å². The van der Waals surface area contributed by atoms with E-state index in [0.717, 1.165) is 30.6 Å². The summed E-state index contributed by atoms with van der Waals surface area (Å²) in [6.45, 7) is 5.09. The molecule has 0 aliphatic heterocycles. The SMILES string of the molecule is C[C@]12CC[C@@H](O)CC1=CC[C@@H]1[C@@H]2CC[C@]2(C)C(c3ccc4ccccc4c3)=CC[C@@H]12. The van der Waals surface area contributed by atoms with E-state index >= 15 is 0 Å². The number of rotatable bonds is 1. The van der Waals surface area contributed by atoms with E-state index in [1.165, 1.54) is 48.4 Å². The zero-order chi connectivity index (χ0) is 20.5. The van der Waals surface area contributed by atoms with Crippen LogP contribution in [-0.2, 0) is 0 Å². The third kappa shape index (κ3) is 2.57. The fraction of sp³-hybridized carbons (Fsp3) is 0.517. The molecule has 0 aromatic heterocycles. The second-order valence-electron chi connectivity index (χ2n) is 11.0. The lowest BCUT2D eigenvalue weighted by Crippen LogP contribution is -2.49. The van der Waals surface area contributed by atoms with Crippen LogP contribution in [0.1, 0.15) is 64.4 Å². The van der Waals surface area contributed by atoms with E-state index < -0.39 is 0 Å². The van der Waals surface area contributed by atoms with Crippen LogP contribution in [-0.4, -0.2) is 11.2 Å². The van der Waals surface area contributed by atoms with Gasteiger partial charge in [0.05, 0.1) is 6.10 Å². The van der Waals surface area contributed by atoms with Crippen LogP contribution in [0.3, 0.4) is 0 Å². The van der Waals surface area contributed by atoms with Gasteiger partial charge in [-0.3, -0.25) is 0 Å². The summed E-state index contributed by atoms with van der Waals surface area (Å²) in [7, 11) is 0. The van der Waals surface area contributed by atoms with E-state index in [0.29, 0.717) is 10.8 Å². The first-order valence-electron chi connectivity index (χ1n) is 12.1. The minimum absolute atomic E-state index is 0.109. The van der Waals surface area contributed by atoms with Gasteiger partial charge in [-0.05, 0) is 102 Å². The number of allylic oxidation sites excluding steroid dienone is 3. The van der Waals surface area contributed by atoms with Crippen molar-refractivity contribution in [1.29, 1.82) is 0 Å². The second-order valence-corrected chi connectivity index (χ2v) is 11.0. The molecule has 156 valence electrons. The van der Waals surface area contributed by atoms with Crippen molar-refractivity contribution in [3.63, 3.8) is 0 Å². The number of hydrogen-bond acceptors (Lipinski definition) is 1. The van der Waals surface area contributed by atoms with Crippen LogP contribution in [0, 0.1) is 28.6 Å². The summed E-state index contributed by atoms with van der Waals surface area (Å²) in [6, 6.07) is 15.8. The molecule has 6 rings (SSSR count). The van der Waals surface area contributed by atoms with Crippen molar-refractivity contribution >= 4 is 16.3 Å². The largest absolute Gasteiger partial charge is 0.393 e. The lowest BCUT2D eigenvalue weighted by molar-refractivity contribution is -0.0238. The average molecular weight is 399 g/mol. The molecule has 0 amide bonds. The van der Waals surface area contributed by atoms with Crippen LogP contribution in [0.2, 0.25) is 0 Å². The van der Waals surface area contributed by atoms with Crippen molar-refractivity contribution in [3.8, 4) is 0 Å². The molecule has 0 saturated heterocycles. The Bertz CT molecular complexity index is 1060. The summed E-state index contributed by atoms with van der Waals surface area (Å²) in [4.78, 5) is 0. The molecule has 2 fully saturated rings. The maximum Gasteiger partial charge on any atom is 0.0577 e. The molecular formula is C29H34O. The first-order valence-corrected chi connectivity index (χ1v) is 12.1. The van der Waals surface area contributed by atoms with Crippen molar-refractivity contribution in [2.45, 2.75) is 64.9 Å². The predicted molar refractivity (Wildman–Crippen MR) is 125 cm³/mol. The van der Waals surface area contributed by atoms with Gasteiger partial charge in [0.15, 0.2) is 0 Å². The lowest BCUT2D eigenvalue weighted by Gasteiger charge is -2.57. The number of aliphatic hydroxyl groups is 1. The summed E-state index contributed by atoms with van der Waals surface area (Å²) in [5.74, 6) is 2.36. The Morgan fingerprint density at radius 1 is 0.833 bits per heavy atom. The number of hydrogen-bond donors (Lipinski definition) is 1. The highest BCUT2D eigenvalue weighted by Gasteiger charge is 2.56. The molecule has 1 nitrogen and oxygen atoms in total. The van der Waals surface area contributed by atoms with Gasteiger partial charge in [0.25, 0.3) is 0 Å². The summed E-state index contributed by atoms with van der Waals surface area (Å²) in [5.41, 5.74) is 5.26. The fourth-order valence-corrected chi connectivity index (χ4v) is 8.01. The minimum Gasteiger partial charge on any atom is -0.393 e. The Kier molecular flexibility index (Phi) is 4.13. The highest BCUT2D eigenvalue weighted by molar-refractivity contribution is 5.87. The zero-order valence-corrected chi connectivity index (χ0v) is 18.4. The highest BCUT2D eigenvalue weighted by atomic mass is 16.3. The summed E-state index contributed by atoms with van der Waals surface area (Å²) in [6.07, 6.45) is 13.2. The van der Waals surface area contributed by atoms with E-state index in [4.69, 9.17) is 0 Å². The summed E-state index contributed by atoms with van der Waals surface area (Å²) < 4.78 is 0. The molecule has 0 unspecified atom stereocenters. The van der Waals surface area contributed by atoms with Crippen molar-refractivity contribution < 1.29 is 5.11 Å². The van der Waals surface area contributed by atoms with E-state index in [1.807, 2.05) is 0 Å². The molecule has 30 heavy (non-hydrogen) atoms. The lowest BCUT2D eigenvalue weighted by atomic mass is 9.47. The molecule has 1 heteroatoms. The minimum atomic E-state index is -0.109. The van der Waals surface area contributed by atoms with E-state index in [9.17, 15) is 5.11 Å². The fourth-order valence-electron chi connectivity index (χ4n) is 8.01. The van der Waals surface area contributed by atoms with Gasteiger partial charge in [-0.25, -0.2) is 0 Å². The molecule has 0 spiro atoms. The van der Waals surface area contributed by atoms with Gasteiger partial charge in [-0.2, -0.15) is 0 Å². The van der Waals surface area contributed by atoms with Gasteiger partial charge in [0.1, 0.15) is 0 Å². The molecule has 4 aliphatic carbocycles. The molecule has 0 bridgehead atoms. The van der Waals surface area contributed by atoms with Gasteiger partial charge >= 0.3 is 0 Å². The monoisotopic (exact) mass is 398 g/mol. The molecule has 2 saturated carbocycles. The molecule has 4 aliphatic rings. The van der Waals surface area contributed by atoms with Gasteiger partial charge in [0.2, 0.25) is 0 Å². The molecule has 6 atom stereocenters. The first kappa shape index (κ1) is 18.9. The third-order valence-electron chi connectivity index (χ3n) is 9.72. The Morgan fingerprint density at radius 2 is 1.63 bits per heavy atom. The zero-order valence-electron chi connectivity index (χ0n) is 18.4. The van der Waals surface area contributed by atoms with Crippen LogP contribution in [0.25, 0.3) is 16.3 Å². The molecular weight excluding hydrogens is 364 g/mol. The Labute approximate surface area is 180 Å². The third-order valence-corrected chi connectivity index (χ3v) is 9.72. The Hall–Kier alpha value is -1.86. The van der Waals surface area contributed by atoms with Crippen LogP contribution in [0.5, 0.6) is 0 Å². The number of benzene rings is 2. The van der Waals surface area contributed by atoms with Crippen molar-refractivity contribution in [1.82, 2.24) is 0 Å².